The van der Waals surface area contributed by atoms with Crippen LogP contribution in [0.1, 0.15) is 36.5 Å². The molecule has 2 aliphatic rings. The van der Waals surface area contributed by atoms with Gasteiger partial charge in [0.15, 0.2) is 0 Å². The molecule has 22 heavy (non-hydrogen) atoms. The number of carbonyl (C=O) groups is 2. The Labute approximate surface area is 128 Å². The highest BCUT2D eigenvalue weighted by Crippen LogP contribution is 2.29. The fraction of sp³-hybridized carbons (Fsp3) is 0.500. The van der Waals surface area contributed by atoms with Crippen LogP contribution in [-0.4, -0.2) is 41.9 Å². The second kappa shape index (κ2) is 6.04. The molecule has 3 rings (SSSR count). The van der Waals surface area contributed by atoms with Gasteiger partial charge in [-0.1, -0.05) is 0 Å². The number of nitrogens with one attached hydrogen (secondary N) is 2. The van der Waals surface area contributed by atoms with Gasteiger partial charge in [0.2, 0.25) is 5.91 Å². The lowest BCUT2D eigenvalue weighted by atomic mass is 10.1. The Kier molecular flexibility index (Phi) is 4.11. The maximum Gasteiger partial charge on any atom is 0.251 e. The normalized spacial score (nSPS) is 21.6. The van der Waals surface area contributed by atoms with Crippen LogP contribution in [0.15, 0.2) is 18.2 Å². The van der Waals surface area contributed by atoms with Crippen molar-refractivity contribution in [2.45, 2.75) is 38.3 Å². The van der Waals surface area contributed by atoms with Crippen LogP contribution in [0.25, 0.3) is 0 Å². The van der Waals surface area contributed by atoms with Gasteiger partial charge in [0.1, 0.15) is 5.82 Å². The van der Waals surface area contributed by atoms with Crippen molar-refractivity contribution in [1.29, 1.82) is 0 Å². The zero-order chi connectivity index (χ0) is 15.7. The molecule has 1 heterocycles. The fourth-order valence-corrected chi connectivity index (χ4v) is 2.90. The molecular formula is C16H20FN3O2. The second-order valence-electron chi connectivity index (χ2n) is 6.06. The van der Waals surface area contributed by atoms with Crippen molar-refractivity contribution in [3.8, 4) is 0 Å². The first kappa shape index (κ1) is 15.0. The molecule has 2 N–H and O–H groups in total. The van der Waals surface area contributed by atoms with E-state index >= 15 is 0 Å². The molecule has 1 aliphatic heterocycles. The number of nitrogens with zero attached hydrogens (tertiary/aromatic N) is 1. The summed E-state index contributed by atoms with van der Waals surface area (Å²) in [6.07, 6.45) is 3.47. The number of hydrogen-bond donors (Lipinski definition) is 2. The molecule has 2 amide bonds. The first-order chi connectivity index (χ1) is 10.5. The Morgan fingerprint density at radius 3 is 2.73 bits per heavy atom. The van der Waals surface area contributed by atoms with Gasteiger partial charge in [0.05, 0.1) is 5.69 Å². The maximum absolute atomic E-state index is 13.6. The average molecular weight is 305 g/mol. The van der Waals surface area contributed by atoms with Crippen molar-refractivity contribution in [1.82, 2.24) is 10.2 Å². The molecule has 0 spiro atoms. The molecule has 1 aromatic carbocycles. The molecule has 0 radical (unpaired) electrons. The maximum atomic E-state index is 13.6. The van der Waals surface area contributed by atoms with Gasteiger partial charge in [0.25, 0.3) is 5.91 Å². The Balaban J connectivity index is 1.63. The minimum atomic E-state index is -0.549. The fourth-order valence-electron chi connectivity index (χ4n) is 2.90. The number of carbonyl (C=O) groups excluding carboxylic acids is 2. The van der Waals surface area contributed by atoms with Gasteiger partial charge in [-0.25, -0.2) is 4.39 Å². The topological polar surface area (TPSA) is 61.4 Å². The third kappa shape index (κ3) is 3.44. The third-order valence-corrected chi connectivity index (χ3v) is 4.16. The SMILES string of the molecule is CC(=O)Nc1cc(C(=O)N[C@H]2CCN(C3CC3)C2)ccc1F. The molecule has 1 saturated carbocycles. The first-order valence-electron chi connectivity index (χ1n) is 7.65. The summed E-state index contributed by atoms with van der Waals surface area (Å²) in [5, 5.41) is 5.38. The van der Waals surface area contributed by atoms with Crippen LogP contribution in [0.4, 0.5) is 10.1 Å². The number of halogens is 1. The number of rotatable bonds is 4. The summed E-state index contributed by atoms with van der Waals surface area (Å²) >= 11 is 0. The molecule has 1 aliphatic carbocycles. The van der Waals surface area contributed by atoms with Crippen LogP contribution >= 0.6 is 0 Å². The molecule has 118 valence electrons. The van der Waals surface area contributed by atoms with Crippen LogP contribution in [-0.2, 0) is 4.79 Å². The van der Waals surface area contributed by atoms with E-state index in [2.05, 4.69) is 15.5 Å². The number of likely N-dealkylation sites (tertiary alicyclic amines) is 1. The van der Waals surface area contributed by atoms with Crippen LogP contribution in [0.3, 0.4) is 0 Å². The van der Waals surface area contributed by atoms with Crippen molar-refractivity contribution >= 4 is 17.5 Å². The lowest BCUT2D eigenvalue weighted by molar-refractivity contribution is -0.114. The minimum absolute atomic E-state index is 0.0335. The van der Waals surface area contributed by atoms with Crippen molar-refractivity contribution in [3.05, 3.63) is 29.6 Å². The van der Waals surface area contributed by atoms with E-state index in [-0.39, 0.29) is 23.5 Å². The van der Waals surface area contributed by atoms with Gasteiger partial charge in [-0.3, -0.25) is 14.5 Å². The third-order valence-electron chi connectivity index (χ3n) is 4.16. The van der Waals surface area contributed by atoms with Gasteiger partial charge >= 0.3 is 0 Å². The monoisotopic (exact) mass is 305 g/mol. The van der Waals surface area contributed by atoms with Gasteiger partial charge in [-0.05, 0) is 37.5 Å². The lowest BCUT2D eigenvalue weighted by Gasteiger charge is -2.16. The predicted octanol–water partition coefficient (Wildman–Crippen LogP) is 1.75. The number of benzene rings is 1. The van der Waals surface area contributed by atoms with Gasteiger partial charge in [-0.15, -0.1) is 0 Å². The van der Waals surface area contributed by atoms with Gasteiger partial charge in [0, 0.05) is 37.7 Å². The van der Waals surface area contributed by atoms with E-state index in [4.69, 9.17) is 0 Å². The van der Waals surface area contributed by atoms with Crippen LogP contribution < -0.4 is 10.6 Å². The molecule has 2 fully saturated rings. The highest BCUT2D eigenvalue weighted by Gasteiger charge is 2.34. The second-order valence-corrected chi connectivity index (χ2v) is 6.06. The predicted molar refractivity (Wildman–Crippen MR) is 81.2 cm³/mol. The molecule has 0 bridgehead atoms. The van der Waals surface area contributed by atoms with E-state index in [1.165, 1.54) is 38.0 Å². The van der Waals surface area contributed by atoms with Crippen molar-refractivity contribution in [2.75, 3.05) is 18.4 Å². The quantitative estimate of drug-likeness (QED) is 0.891. The molecule has 0 unspecified atom stereocenters. The van der Waals surface area contributed by atoms with Crippen LogP contribution in [0, 0.1) is 5.82 Å². The summed E-state index contributed by atoms with van der Waals surface area (Å²) in [7, 11) is 0. The van der Waals surface area contributed by atoms with E-state index < -0.39 is 5.82 Å². The highest BCUT2D eigenvalue weighted by molar-refractivity contribution is 5.97. The van der Waals surface area contributed by atoms with Gasteiger partial charge in [-0.2, -0.15) is 0 Å². The van der Waals surface area contributed by atoms with E-state index in [1.54, 1.807) is 0 Å². The molecule has 6 heteroatoms. The summed E-state index contributed by atoms with van der Waals surface area (Å²) in [5.74, 6) is -1.14. The molecule has 1 saturated heterocycles. The smallest absolute Gasteiger partial charge is 0.251 e. The van der Waals surface area contributed by atoms with Crippen molar-refractivity contribution in [3.63, 3.8) is 0 Å². The standard InChI is InChI=1S/C16H20FN3O2/c1-10(21)18-15-8-11(2-5-14(15)17)16(22)19-12-6-7-20(9-12)13-3-4-13/h2,5,8,12-13H,3-4,6-7,9H2,1H3,(H,18,21)(H,19,22)/t12-/m0/s1. The average Bonchev–Trinajstić information content (AvgIpc) is 3.21. The highest BCUT2D eigenvalue weighted by atomic mass is 19.1. The van der Waals surface area contributed by atoms with E-state index in [1.807, 2.05) is 0 Å². The number of hydrogen-bond acceptors (Lipinski definition) is 3. The Morgan fingerprint density at radius 2 is 2.05 bits per heavy atom. The Bertz CT molecular complexity index is 601. The largest absolute Gasteiger partial charge is 0.348 e. The van der Waals surface area contributed by atoms with E-state index in [0.29, 0.717) is 11.6 Å². The van der Waals surface area contributed by atoms with E-state index in [0.717, 1.165) is 19.5 Å². The Morgan fingerprint density at radius 1 is 1.27 bits per heavy atom. The van der Waals surface area contributed by atoms with Crippen LogP contribution in [0.5, 0.6) is 0 Å². The summed E-state index contributed by atoms with van der Waals surface area (Å²) in [6, 6.07) is 4.86. The summed E-state index contributed by atoms with van der Waals surface area (Å²) in [5.41, 5.74) is 0.390. The first-order valence-corrected chi connectivity index (χ1v) is 7.65. The summed E-state index contributed by atoms with van der Waals surface area (Å²) in [4.78, 5) is 25.7. The zero-order valence-corrected chi connectivity index (χ0v) is 12.6. The van der Waals surface area contributed by atoms with Gasteiger partial charge < -0.3 is 10.6 Å². The number of anilines is 1. The minimum Gasteiger partial charge on any atom is -0.348 e. The zero-order valence-electron chi connectivity index (χ0n) is 12.6. The Hall–Kier alpha value is -1.95. The summed E-state index contributed by atoms with van der Waals surface area (Å²) < 4.78 is 13.6. The van der Waals surface area contributed by atoms with E-state index in [9.17, 15) is 14.0 Å². The lowest BCUT2D eigenvalue weighted by Crippen LogP contribution is -2.37. The molecule has 0 aromatic heterocycles. The molecule has 5 nitrogen and oxygen atoms in total. The molecule has 1 atom stereocenters. The molecular weight excluding hydrogens is 285 g/mol. The summed E-state index contributed by atoms with van der Waals surface area (Å²) in [6.45, 7) is 3.21. The van der Waals surface area contributed by atoms with Crippen molar-refractivity contribution in [2.24, 2.45) is 0 Å². The number of amides is 2. The van der Waals surface area contributed by atoms with Crippen molar-refractivity contribution < 1.29 is 14.0 Å². The molecule has 1 aromatic rings. The van der Waals surface area contributed by atoms with Crippen LogP contribution in [0.2, 0.25) is 0 Å².